The summed E-state index contributed by atoms with van der Waals surface area (Å²) >= 11 is 0. The van der Waals surface area contributed by atoms with Crippen molar-refractivity contribution >= 4 is 6.09 Å². The van der Waals surface area contributed by atoms with Crippen molar-refractivity contribution in [1.29, 1.82) is 0 Å². The van der Waals surface area contributed by atoms with E-state index in [9.17, 15) is 4.79 Å². The third-order valence-corrected chi connectivity index (χ3v) is 3.09. The summed E-state index contributed by atoms with van der Waals surface area (Å²) in [4.78, 5) is 17.8. The Morgan fingerprint density at radius 1 is 1.71 bits per heavy atom. The number of fused-ring (bicyclic) bond motifs is 1. The van der Waals surface area contributed by atoms with E-state index >= 15 is 0 Å². The molecule has 2 N–H and O–H groups in total. The van der Waals surface area contributed by atoms with Gasteiger partial charge in [-0.3, -0.25) is 9.88 Å². The monoisotopic (exact) mass is 235 g/mol. The molecule has 0 fully saturated rings. The predicted molar refractivity (Wildman–Crippen MR) is 63.5 cm³/mol. The highest BCUT2D eigenvalue weighted by Crippen LogP contribution is 2.30. The molecule has 0 saturated heterocycles. The topological polar surface area (TPSA) is 68.5 Å². The molecular formula is C12H17N3O2. The van der Waals surface area contributed by atoms with Crippen molar-refractivity contribution in [1.82, 2.24) is 9.88 Å². The first-order chi connectivity index (χ1) is 8.27. The molecule has 1 aliphatic rings. The Morgan fingerprint density at radius 3 is 3.24 bits per heavy atom. The summed E-state index contributed by atoms with van der Waals surface area (Å²) in [6.07, 6.45) is 2.97. The first kappa shape index (κ1) is 11.9. The van der Waals surface area contributed by atoms with Gasteiger partial charge in [0.15, 0.2) is 0 Å². The molecule has 0 bridgehead atoms. The molecule has 2 heterocycles. The van der Waals surface area contributed by atoms with E-state index in [1.807, 2.05) is 6.07 Å². The zero-order valence-corrected chi connectivity index (χ0v) is 9.93. The molecule has 0 radical (unpaired) electrons. The van der Waals surface area contributed by atoms with Crippen LogP contribution in [0.15, 0.2) is 18.3 Å². The number of nitrogens with zero attached hydrogens (tertiary/aromatic N) is 2. The van der Waals surface area contributed by atoms with Crippen LogP contribution in [0.25, 0.3) is 0 Å². The van der Waals surface area contributed by atoms with E-state index < -0.39 is 0 Å². The Labute approximate surface area is 101 Å². The van der Waals surface area contributed by atoms with Gasteiger partial charge in [0.1, 0.15) is 0 Å². The summed E-state index contributed by atoms with van der Waals surface area (Å²) in [7, 11) is 1.40. The van der Waals surface area contributed by atoms with Crippen LogP contribution in [0.5, 0.6) is 0 Å². The number of aromatic nitrogens is 1. The fourth-order valence-electron chi connectivity index (χ4n) is 2.29. The van der Waals surface area contributed by atoms with E-state index in [1.54, 1.807) is 11.1 Å². The number of hydrogen-bond donors (Lipinski definition) is 1. The summed E-state index contributed by atoms with van der Waals surface area (Å²) in [5.41, 5.74) is 7.77. The van der Waals surface area contributed by atoms with Crippen LogP contribution in [0.1, 0.15) is 23.7 Å². The molecule has 1 aromatic rings. The lowest BCUT2D eigenvalue weighted by Crippen LogP contribution is -2.41. The van der Waals surface area contributed by atoms with Crippen LogP contribution in [0.2, 0.25) is 0 Å². The molecule has 2 rings (SSSR count). The molecular weight excluding hydrogens is 218 g/mol. The van der Waals surface area contributed by atoms with Crippen molar-refractivity contribution in [2.24, 2.45) is 5.73 Å². The van der Waals surface area contributed by atoms with Crippen LogP contribution in [-0.2, 0) is 11.2 Å². The molecule has 0 aromatic carbocycles. The molecule has 1 aliphatic heterocycles. The third-order valence-electron chi connectivity index (χ3n) is 3.09. The molecule has 0 aliphatic carbocycles. The SMILES string of the molecule is COC(=O)N1CCc2cccnc2C1CCN. The zero-order chi connectivity index (χ0) is 12.3. The first-order valence-electron chi connectivity index (χ1n) is 5.76. The van der Waals surface area contributed by atoms with E-state index in [2.05, 4.69) is 11.1 Å². The minimum absolute atomic E-state index is 0.0580. The zero-order valence-electron chi connectivity index (χ0n) is 9.93. The number of methoxy groups -OCH3 is 1. The van der Waals surface area contributed by atoms with Gasteiger partial charge in [0.2, 0.25) is 0 Å². The van der Waals surface area contributed by atoms with Crippen molar-refractivity contribution in [2.45, 2.75) is 18.9 Å². The Balaban J connectivity index is 2.32. The van der Waals surface area contributed by atoms with Crippen LogP contribution in [0.3, 0.4) is 0 Å². The van der Waals surface area contributed by atoms with Gasteiger partial charge in [0.05, 0.1) is 18.8 Å². The Bertz CT molecular complexity index is 408. The second kappa shape index (κ2) is 5.14. The highest BCUT2D eigenvalue weighted by molar-refractivity contribution is 5.68. The molecule has 0 spiro atoms. The minimum Gasteiger partial charge on any atom is -0.453 e. The van der Waals surface area contributed by atoms with E-state index in [4.69, 9.17) is 10.5 Å². The number of amides is 1. The lowest BCUT2D eigenvalue weighted by atomic mass is 9.96. The maximum atomic E-state index is 11.7. The van der Waals surface area contributed by atoms with Gasteiger partial charge in [-0.05, 0) is 31.0 Å². The molecule has 1 aromatic heterocycles. The van der Waals surface area contributed by atoms with Crippen LogP contribution >= 0.6 is 0 Å². The van der Waals surface area contributed by atoms with Gasteiger partial charge in [-0.1, -0.05) is 6.07 Å². The molecule has 0 saturated carbocycles. The predicted octanol–water partition coefficient (Wildman–Crippen LogP) is 1.10. The second-order valence-corrected chi connectivity index (χ2v) is 4.05. The molecule has 92 valence electrons. The number of carbonyl (C=O) groups excluding carboxylic acids is 1. The molecule has 5 nitrogen and oxygen atoms in total. The molecule has 5 heteroatoms. The second-order valence-electron chi connectivity index (χ2n) is 4.05. The van der Waals surface area contributed by atoms with Crippen molar-refractivity contribution in [2.75, 3.05) is 20.2 Å². The van der Waals surface area contributed by atoms with Crippen molar-refractivity contribution in [3.05, 3.63) is 29.6 Å². The Morgan fingerprint density at radius 2 is 2.53 bits per heavy atom. The van der Waals surface area contributed by atoms with Crippen LogP contribution in [0, 0.1) is 0 Å². The molecule has 17 heavy (non-hydrogen) atoms. The van der Waals surface area contributed by atoms with E-state index in [-0.39, 0.29) is 12.1 Å². The van der Waals surface area contributed by atoms with Crippen LogP contribution < -0.4 is 5.73 Å². The summed E-state index contributed by atoms with van der Waals surface area (Å²) in [6.45, 7) is 1.18. The average molecular weight is 235 g/mol. The third kappa shape index (κ3) is 2.24. The number of pyridine rings is 1. The average Bonchev–Trinajstić information content (AvgIpc) is 2.38. The number of carbonyl (C=O) groups is 1. The summed E-state index contributed by atoms with van der Waals surface area (Å²) in [5, 5.41) is 0. The van der Waals surface area contributed by atoms with Gasteiger partial charge in [-0.25, -0.2) is 4.79 Å². The number of hydrogen-bond acceptors (Lipinski definition) is 4. The fourth-order valence-corrected chi connectivity index (χ4v) is 2.29. The van der Waals surface area contributed by atoms with Gasteiger partial charge < -0.3 is 10.5 Å². The first-order valence-corrected chi connectivity index (χ1v) is 5.76. The number of rotatable bonds is 2. The Kier molecular flexibility index (Phi) is 3.58. The summed E-state index contributed by atoms with van der Waals surface area (Å²) in [5.74, 6) is 0. The van der Waals surface area contributed by atoms with E-state index in [0.717, 1.165) is 12.1 Å². The van der Waals surface area contributed by atoms with Crippen LogP contribution in [0.4, 0.5) is 4.79 Å². The van der Waals surface area contributed by atoms with Crippen molar-refractivity contribution < 1.29 is 9.53 Å². The van der Waals surface area contributed by atoms with Gasteiger partial charge >= 0.3 is 6.09 Å². The lowest BCUT2D eigenvalue weighted by Gasteiger charge is -2.35. The highest BCUT2D eigenvalue weighted by atomic mass is 16.5. The summed E-state index contributed by atoms with van der Waals surface area (Å²) < 4.78 is 4.80. The van der Waals surface area contributed by atoms with Crippen molar-refractivity contribution in [3.8, 4) is 0 Å². The number of nitrogens with two attached hydrogens (primary N) is 1. The van der Waals surface area contributed by atoms with Gasteiger partial charge in [-0.2, -0.15) is 0 Å². The maximum Gasteiger partial charge on any atom is 0.410 e. The highest BCUT2D eigenvalue weighted by Gasteiger charge is 2.31. The molecule has 1 atom stereocenters. The maximum absolute atomic E-state index is 11.7. The van der Waals surface area contributed by atoms with Gasteiger partial charge in [0.25, 0.3) is 0 Å². The summed E-state index contributed by atoms with van der Waals surface area (Å²) in [6, 6.07) is 3.92. The smallest absolute Gasteiger partial charge is 0.410 e. The lowest BCUT2D eigenvalue weighted by molar-refractivity contribution is 0.0976. The normalized spacial score (nSPS) is 18.7. The fraction of sp³-hybridized carbons (Fsp3) is 0.500. The quantitative estimate of drug-likeness (QED) is 0.833. The van der Waals surface area contributed by atoms with E-state index in [0.29, 0.717) is 19.5 Å². The van der Waals surface area contributed by atoms with Crippen molar-refractivity contribution in [3.63, 3.8) is 0 Å². The van der Waals surface area contributed by atoms with Gasteiger partial charge in [-0.15, -0.1) is 0 Å². The van der Waals surface area contributed by atoms with E-state index in [1.165, 1.54) is 12.7 Å². The van der Waals surface area contributed by atoms with Crippen LogP contribution in [-0.4, -0.2) is 36.2 Å². The Hall–Kier alpha value is -1.62. The van der Waals surface area contributed by atoms with Gasteiger partial charge in [0, 0.05) is 12.7 Å². The molecule has 1 amide bonds. The largest absolute Gasteiger partial charge is 0.453 e. The number of ether oxygens (including phenoxy) is 1. The standard InChI is InChI=1S/C12H17N3O2/c1-17-12(16)15-8-5-9-3-2-7-14-11(9)10(15)4-6-13/h2-3,7,10H,4-6,8,13H2,1H3. The minimum atomic E-state index is -0.306. The molecule has 1 unspecified atom stereocenters.